The lowest BCUT2D eigenvalue weighted by Gasteiger charge is -2.26. The molecule has 0 radical (unpaired) electrons. The molecule has 40 heavy (non-hydrogen) atoms. The molecule has 0 bridgehead atoms. The predicted octanol–water partition coefficient (Wildman–Crippen LogP) is 5.80. The number of anilines is 2. The second-order valence-electron chi connectivity index (χ2n) is 8.79. The number of ether oxygens (including phenoxy) is 2. The first-order valence-electron chi connectivity index (χ1n) is 12.2. The van der Waals surface area contributed by atoms with Crippen LogP contribution in [-0.4, -0.2) is 37.0 Å². The maximum absolute atomic E-state index is 13.2. The van der Waals surface area contributed by atoms with Gasteiger partial charge in [0.25, 0.3) is 17.7 Å². The molecule has 1 heterocycles. The smallest absolute Gasteiger partial charge is 0.335 e. The molecule has 1 aliphatic heterocycles. The quantitative estimate of drug-likeness (QED) is 0.241. The van der Waals surface area contributed by atoms with Gasteiger partial charge in [0.05, 0.1) is 16.8 Å². The number of imide groups is 2. The lowest BCUT2D eigenvalue weighted by molar-refractivity contribution is -0.122. The van der Waals surface area contributed by atoms with Crippen LogP contribution in [0.5, 0.6) is 11.5 Å². The van der Waals surface area contributed by atoms with Crippen LogP contribution in [0.3, 0.4) is 0 Å². The summed E-state index contributed by atoms with van der Waals surface area (Å²) >= 11 is 9.46. The molecular weight excluding hydrogens is 602 g/mol. The third-order valence-electron chi connectivity index (χ3n) is 6.04. The molecule has 3 aromatic carbocycles. The topological polar surface area (TPSA) is 114 Å². The van der Waals surface area contributed by atoms with Gasteiger partial charge in [0.1, 0.15) is 5.57 Å². The summed E-state index contributed by atoms with van der Waals surface area (Å²) in [5, 5.41) is 5.34. The van der Waals surface area contributed by atoms with Crippen molar-refractivity contribution in [3.05, 3.63) is 86.4 Å². The molecule has 1 saturated heterocycles. The minimum Gasteiger partial charge on any atom is -0.490 e. The minimum absolute atomic E-state index is 0.215. The van der Waals surface area contributed by atoms with Crippen LogP contribution in [0.15, 0.2) is 64.6 Å². The summed E-state index contributed by atoms with van der Waals surface area (Å²) in [6.07, 6.45) is 1.34. The highest BCUT2D eigenvalue weighted by Gasteiger charge is 2.37. The second kappa shape index (κ2) is 12.4. The van der Waals surface area contributed by atoms with E-state index in [9.17, 15) is 19.2 Å². The standard InChI is InChI=1S/C29H25BrClN3O6/c1-4-39-24-13-18(11-21-27(36)33-29(38)34(28(21)37)20-9-6-8-19(31)14-20)12-22(30)26(24)40-15-25(35)32-23-10-5-7-16(2)17(23)3/h5-14H,4,15H2,1-3H3,(H,32,35)(H,33,36,38)/b21-11+. The van der Waals surface area contributed by atoms with Crippen molar-refractivity contribution in [3.8, 4) is 11.5 Å². The Kier molecular flexibility index (Phi) is 8.91. The number of carbonyl (C=O) groups is 4. The van der Waals surface area contributed by atoms with Gasteiger partial charge in [-0.15, -0.1) is 0 Å². The molecule has 5 amide bonds. The van der Waals surface area contributed by atoms with Crippen molar-refractivity contribution < 1.29 is 28.7 Å². The van der Waals surface area contributed by atoms with Crippen molar-refractivity contribution in [2.24, 2.45) is 0 Å². The number of aryl methyl sites for hydroxylation is 1. The molecule has 4 rings (SSSR count). The van der Waals surface area contributed by atoms with Crippen LogP contribution in [0, 0.1) is 13.8 Å². The minimum atomic E-state index is -0.881. The highest BCUT2D eigenvalue weighted by molar-refractivity contribution is 9.10. The van der Waals surface area contributed by atoms with E-state index in [0.29, 0.717) is 20.7 Å². The largest absolute Gasteiger partial charge is 0.490 e. The number of nitrogens with zero attached hydrogens (tertiary/aromatic N) is 1. The number of hydrogen-bond acceptors (Lipinski definition) is 6. The van der Waals surface area contributed by atoms with E-state index in [1.54, 1.807) is 31.2 Å². The van der Waals surface area contributed by atoms with E-state index >= 15 is 0 Å². The molecule has 1 aliphatic rings. The Hall–Kier alpha value is -4.15. The Bertz CT molecular complexity index is 1550. The van der Waals surface area contributed by atoms with Gasteiger partial charge >= 0.3 is 6.03 Å². The monoisotopic (exact) mass is 625 g/mol. The van der Waals surface area contributed by atoms with Crippen LogP contribution >= 0.6 is 27.5 Å². The van der Waals surface area contributed by atoms with E-state index in [2.05, 4.69) is 26.6 Å². The van der Waals surface area contributed by atoms with Gasteiger partial charge in [-0.2, -0.15) is 0 Å². The summed E-state index contributed by atoms with van der Waals surface area (Å²) in [6.45, 7) is 5.66. The normalized spacial score (nSPS) is 14.3. The van der Waals surface area contributed by atoms with Crippen molar-refractivity contribution >= 4 is 68.7 Å². The van der Waals surface area contributed by atoms with Gasteiger partial charge in [0, 0.05) is 10.7 Å². The Morgan fingerprint density at radius 3 is 2.55 bits per heavy atom. The van der Waals surface area contributed by atoms with Crippen molar-refractivity contribution in [1.29, 1.82) is 0 Å². The van der Waals surface area contributed by atoms with Crippen molar-refractivity contribution in [1.82, 2.24) is 5.32 Å². The zero-order valence-corrected chi connectivity index (χ0v) is 24.2. The molecule has 0 spiro atoms. The first kappa shape index (κ1) is 28.8. The van der Waals surface area contributed by atoms with Crippen molar-refractivity contribution in [2.45, 2.75) is 20.8 Å². The van der Waals surface area contributed by atoms with E-state index in [0.717, 1.165) is 16.0 Å². The average molecular weight is 627 g/mol. The fourth-order valence-electron chi connectivity index (χ4n) is 3.96. The van der Waals surface area contributed by atoms with E-state index in [4.69, 9.17) is 21.1 Å². The van der Waals surface area contributed by atoms with E-state index in [1.165, 1.54) is 18.2 Å². The lowest BCUT2D eigenvalue weighted by Crippen LogP contribution is -2.54. The van der Waals surface area contributed by atoms with Gasteiger partial charge in [-0.25, -0.2) is 9.69 Å². The second-order valence-corrected chi connectivity index (χ2v) is 10.1. The highest BCUT2D eigenvalue weighted by atomic mass is 79.9. The summed E-state index contributed by atoms with van der Waals surface area (Å²) in [5.74, 6) is -1.45. The fraction of sp³-hybridized carbons (Fsp3) is 0.172. The molecular formula is C29H25BrClN3O6. The number of nitrogens with one attached hydrogen (secondary N) is 2. The third-order valence-corrected chi connectivity index (χ3v) is 6.86. The predicted molar refractivity (Wildman–Crippen MR) is 156 cm³/mol. The summed E-state index contributed by atoms with van der Waals surface area (Å²) in [7, 11) is 0. The molecule has 2 N–H and O–H groups in total. The van der Waals surface area contributed by atoms with Gasteiger partial charge in [0.15, 0.2) is 18.1 Å². The van der Waals surface area contributed by atoms with Crippen LogP contribution in [0.4, 0.5) is 16.2 Å². The number of urea groups is 1. The van der Waals surface area contributed by atoms with Crippen LogP contribution in [-0.2, 0) is 14.4 Å². The molecule has 1 fully saturated rings. The van der Waals surface area contributed by atoms with Crippen molar-refractivity contribution in [2.75, 3.05) is 23.4 Å². The maximum Gasteiger partial charge on any atom is 0.335 e. The van der Waals surface area contributed by atoms with E-state index in [1.807, 2.05) is 32.0 Å². The van der Waals surface area contributed by atoms with Crippen LogP contribution in [0.25, 0.3) is 6.08 Å². The van der Waals surface area contributed by atoms with E-state index in [-0.39, 0.29) is 41.9 Å². The molecule has 0 atom stereocenters. The molecule has 206 valence electrons. The number of barbiturate groups is 1. The number of hydrogen-bond donors (Lipinski definition) is 2. The van der Waals surface area contributed by atoms with E-state index < -0.39 is 17.8 Å². The lowest BCUT2D eigenvalue weighted by atomic mass is 10.1. The molecule has 9 nitrogen and oxygen atoms in total. The Morgan fingerprint density at radius 2 is 1.82 bits per heavy atom. The van der Waals surface area contributed by atoms with Gasteiger partial charge in [-0.05, 0) is 95.9 Å². The number of benzene rings is 3. The fourth-order valence-corrected chi connectivity index (χ4v) is 4.72. The third kappa shape index (κ3) is 6.35. The summed E-state index contributed by atoms with van der Waals surface area (Å²) in [4.78, 5) is 51.7. The van der Waals surface area contributed by atoms with Gasteiger partial charge in [-0.1, -0.05) is 29.8 Å². The summed E-state index contributed by atoms with van der Waals surface area (Å²) < 4.78 is 11.9. The number of carbonyl (C=O) groups excluding carboxylic acids is 4. The average Bonchev–Trinajstić information content (AvgIpc) is 2.89. The van der Waals surface area contributed by atoms with Gasteiger partial charge in [-0.3, -0.25) is 19.7 Å². The van der Waals surface area contributed by atoms with Crippen LogP contribution < -0.4 is 25.0 Å². The molecule has 0 unspecified atom stereocenters. The number of halogens is 2. The first-order valence-corrected chi connectivity index (χ1v) is 13.4. The summed E-state index contributed by atoms with van der Waals surface area (Å²) in [5.41, 5.74) is 3.07. The maximum atomic E-state index is 13.2. The highest BCUT2D eigenvalue weighted by Crippen LogP contribution is 2.38. The molecule has 11 heteroatoms. The SMILES string of the molecule is CCOc1cc(/C=C2\C(=O)NC(=O)N(c3cccc(Cl)c3)C2=O)cc(Br)c1OCC(=O)Nc1cccc(C)c1C. The van der Waals surface area contributed by atoms with Gasteiger partial charge in [0.2, 0.25) is 0 Å². The van der Waals surface area contributed by atoms with Crippen LogP contribution in [0.1, 0.15) is 23.6 Å². The zero-order valence-electron chi connectivity index (χ0n) is 21.8. The Labute approximate surface area is 244 Å². The molecule has 0 aromatic heterocycles. The summed E-state index contributed by atoms with van der Waals surface area (Å²) in [6, 6.07) is 14.1. The molecule has 0 saturated carbocycles. The molecule has 0 aliphatic carbocycles. The van der Waals surface area contributed by atoms with Crippen molar-refractivity contribution in [3.63, 3.8) is 0 Å². The number of amides is 5. The molecule has 3 aromatic rings. The Balaban J connectivity index is 1.58. The van der Waals surface area contributed by atoms with Crippen LogP contribution in [0.2, 0.25) is 5.02 Å². The van der Waals surface area contributed by atoms with Gasteiger partial charge < -0.3 is 14.8 Å². The Morgan fingerprint density at radius 1 is 1.07 bits per heavy atom. The number of rotatable bonds is 8. The first-order chi connectivity index (χ1) is 19.1. The zero-order chi connectivity index (χ0) is 29.0.